The molecular formula is C15H12ClFN2O. The van der Waals surface area contributed by atoms with Crippen molar-refractivity contribution in [3.8, 4) is 0 Å². The third-order valence-electron chi connectivity index (χ3n) is 3.37. The number of aromatic nitrogens is 1. The summed E-state index contributed by atoms with van der Waals surface area (Å²) >= 11 is 6.22. The molecule has 0 spiro atoms. The van der Waals surface area contributed by atoms with Gasteiger partial charge in [-0.05, 0) is 30.5 Å². The number of hydrogen-bond donors (Lipinski definition) is 0. The van der Waals surface area contributed by atoms with E-state index in [1.807, 2.05) is 12.1 Å². The van der Waals surface area contributed by atoms with E-state index in [1.54, 1.807) is 11.0 Å². The highest BCUT2D eigenvalue weighted by Crippen LogP contribution is 2.34. The molecule has 1 aromatic carbocycles. The molecule has 1 aliphatic rings. The Morgan fingerprint density at radius 3 is 3.00 bits per heavy atom. The number of pyridine rings is 1. The van der Waals surface area contributed by atoms with Crippen molar-refractivity contribution >= 4 is 23.2 Å². The molecule has 102 valence electrons. The van der Waals surface area contributed by atoms with Gasteiger partial charge in [0.2, 0.25) is 0 Å². The molecule has 1 aliphatic heterocycles. The molecule has 0 saturated carbocycles. The van der Waals surface area contributed by atoms with Crippen molar-refractivity contribution in [3.63, 3.8) is 0 Å². The number of benzene rings is 1. The van der Waals surface area contributed by atoms with Gasteiger partial charge in [0.25, 0.3) is 5.91 Å². The number of carbonyl (C=O) groups is 1. The number of rotatable bonds is 1. The predicted octanol–water partition coefficient (Wildman–Crippen LogP) is 3.47. The molecule has 3 rings (SSSR count). The first-order valence-corrected chi connectivity index (χ1v) is 6.74. The smallest absolute Gasteiger partial charge is 0.259 e. The first kappa shape index (κ1) is 13.1. The van der Waals surface area contributed by atoms with Gasteiger partial charge in [-0.3, -0.25) is 9.78 Å². The third-order valence-corrected chi connectivity index (χ3v) is 3.67. The third kappa shape index (κ3) is 2.27. The normalized spacial score (nSPS) is 14.0. The Morgan fingerprint density at radius 2 is 2.20 bits per heavy atom. The molecule has 0 atom stereocenters. The minimum absolute atomic E-state index is 0.234. The Bertz CT molecular complexity index is 675. The summed E-state index contributed by atoms with van der Waals surface area (Å²) in [4.78, 5) is 17.9. The zero-order valence-electron chi connectivity index (χ0n) is 10.6. The molecule has 0 N–H and O–H groups in total. The summed E-state index contributed by atoms with van der Waals surface area (Å²) in [6.07, 6.45) is 4.20. The van der Waals surface area contributed by atoms with Gasteiger partial charge in [0.15, 0.2) is 0 Å². The Kier molecular flexibility index (Phi) is 3.40. The van der Waals surface area contributed by atoms with E-state index in [9.17, 15) is 9.18 Å². The fourth-order valence-corrected chi connectivity index (χ4v) is 2.79. The van der Waals surface area contributed by atoms with E-state index in [4.69, 9.17) is 11.6 Å². The number of amides is 1. The van der Waals surface area contributed by atoms with E-state index < -0.39 is 5.82 Å². The van der Waals surface area contributed by atoms with Gasteiger partial charge < -0.3 is 4.90 Å². The second-order valence-corrected chi connectivity index (χ2v) is 5.11. The number of aryl methyl sites for hydroxylation is 1. The summed E-state index contributed by atoms with van der Waals surface area (Å²) in [6.45, 7) is 0.575. The summed E-state index contributed by atoms with van der Waals surface area (Å²) in [5.74, 6) is -0.793. The predicted molar refractivity (Wildman–Crippen MR) is 75.6 cm³/mol. The summed E-state index contributed by atoms with van der Waals surface area (Å²) in [7, 11) is 0. The molecule has 0 fully saturated rings. The highest BCUT2D eigenvalue weighted by molar-refractivity contribution is 6.34. The lowest BCUT2D eigenvalue weighted by Crippen LogP contribution is -2.35. The van der Waals surface area contributed by atoms with Gasteiger partial charge in [0.05, 0.1) is 22.5 Å². The van der Waals surface area contributed by atoms with Crippen molar-refractivity contribution in [3.05, 3.63) is 58.6 Å². The van der Waals surface area contributed by atoms with Crippen molar-refractivity contribution in [2.45, 2.75) is 12.8 Å². The van der Waals surface area contributed by atoms with Crippen molar-refractivity contribution < 1.29 is 9.18 Å². The first-order valence-electron chi connectivity index (χ1n) is 6.36. The van der Waals surface area contributed by atoms with Gasteiger partial charge in [-0.1, -0.05) is 23.7 Å². The average Bonchev–Trinajstić information content (AvgIpc) is 2.46. The summed E-state index contributed by atoms with van der Waals surface area (Å²) < 4.78 is 13.2. The monoisotopic (exact) mass is 290 g/mol. The Labute approximate surface area is 121 Å². The van der Waals surface area contributed by atoms with Crippen LogP contribution in [-0.4, -0.2) is 17.4 Å². The maximum Gasteiger partial charge on any atom is 0.259 e. The van der Waals surface area contributed by atoms with E-state index in [1.165, 1.54) is 12.3 Å². The molecule has 0 aliphatic carbocycles. The van der Waals surface area contributed by atoms with E-state index in [0.717, 1.165) is 30.3 Å². The highest BCUT2D eigenvalue weighted by Gasteiger charge is 2.25. The molecule has 0 unspecified atom stereocenters. The van der Waals surface area contributed by atoms with E-state index >= 15 is 0 Å². The zero-order chi connectivity index (χ0) is 14.1. The fraction of sp³-hybridized carbons (Fsp3) is 0.200. The Balaban J connectivity index is 2.03. The van der Waals surface area contributed by atoms with Gasteiger partial charge in [-0.2, -0.15) is 0 Å². The van der Waals surface area contributed by atoms with Crippen molar-refractivity contribution in [1.29, 1.82) is 0 Å². The second-order valence-electron chi connectivity index (χ2n) is 4.70. The van der Waals surface area contributed by atoms with Crippen LogP contribution in [0, 0.1) is 5.82 Å². The van der Waals surface area contributed by atoms with Crippen LogP contribution >= 0.6 is 11.6 Å². The second kappa shape index (κ2) is 5.21. The molecule has 0 saturated heterocycles. The van der Waals surface area contributed by atoms with Crippen LogP contribution in [0.2, 0.25) is 5.02 Å². The molecule has 1 aromatic heterocycles. The molecule has 2 heterocycles. The van der Waals surface area contributed by atoms with Crippen LogP contribution in [0.15, 0.2) is 36.7 Å². The van der Waals surface area contributed by atoms with Gasteiger partial charge in [0.1, 0.15) is 5.82 Å². The summed E-state index contributed by atoms with van der Waals surface area (Å²) in [5, 5.41) is 0.542. The SMILES string of the molecule is O=C(c1cncc(F)c1)N1CCCc2cccc(Cl)c21. The van der Waals surface area contributed by atoms with Crippen LogP contribution in [-0.2, 0) is 6.42 Å². The minimum Gasteiger partial charge on any atom is -0.307 e. The zero-order valence-corrected chi connectivity index (χ0v) is 11.4. The van der Waals surface area contributed by atoms with Gasteiger partial charge >= 0.3 is 0 Å². The van der Waals surface area contributed by atoms with Crippen LogP contribution in [0.1, 0.15) is 22.3 Å². The number of anilines is 1. The van der Waals surface area contributed by atoms with Gasteiger partial charge in [-0.25, -0.2) is 4.39 Å². The number of halogens is 2. The van der Waals surface area contributed by atoms with E-state index in [0.29, 0.717) is 11.6 Å². The maximum absolute atomic E-state index is 13.2. The summed E-state index contributed by atoms with van der Waals surface area (Å²) in [6, 6.07) is 6.79. The number of fused-ring (bicyclic) bond motifs is 1. The molecule has 3 nitrogen and oxygen atoms in total. The minimum atomic E-state index is -0.521. The lowest BCUT2D eigenvalue weighted by Gasteiger charge is -2.30. The average molecular weight is 291 g/mol. The molecule has 1 amide bonds. The molecular weight excluding hydrogens is 279 g/mol. The largest absolute Gasteiger partial charge is 0.307 e. The maximum atomic E-state index is 13.2. The van der Waals surface area contributed by atoms with Crippen molar-refractivity contribution in [1.82, 2.24) is 4.98 Å². The molecule has 0 radical (unpaired) electrons. The topological polar surface area (TPSA) is 33.2 Å². The van der Waals surface area contributed by atoms with Crippen LogP contribution in [0.25, 0.3) is 0 Å². The van der Waals surface area contributed by atoms with Gasteiger partial charge in [-0.15, -0.1) is 0 Å². The number of para-hydroxylation sites is 1. The van der Waals surface area contributed by atoms with Crippen LogP contribution in [0.5, 0.6) is 0 Å². The van der Waals surface area contributed by atoms with Crippen LogP contribution in [0.4, 0.5) is 10.1 Å². The fourth-order valence-electron chi connectivity index (χ4n) is 2.49. The Hall–Kier alpha value is -1.94. The number of hydrogen-bond acceptors (Lipinski definition) is 2. The molecule has 2 aromatic rings. The quantitative estimate of drug-likeness (QED) is 0.806. The van der Waals surface area contributed by atoms with E-state index in [2.05, 4.69) is 4.98 Å². The molecule has 5 heteroatoms. The van der Waals surface area contributed by atoms with Crippen LogP contribution in [0.3, 0.4) is 0 Å². The van der Waals surface area contributed by atoms with Crippen LogP contribution < -0.4 is 4.90 Å². The lowest BCUT2D eigenvalue weighted by molar-refractivity contribution is 0.0984. The molecule has 20 heavy (non-hydrogen) atoms. The van der Waals surface area contributed by atoms with Gasteiger partial charge in [0, 0.05) is 12.7 Å². The molecule has 0 bridgehead atoms. The highest BCUT2D eigenvalue weighted by atomic mass is 35.5. The standard InChI is InChI=1S/C15H12ClFN2O/c16-13-5-1-3-10-4-2-6-19(14(10)13)15(20)11-7-12(17)9-18-8-11/h1,3,5,7-9H,2,4,6H2. The number of nitrogens with zero attached hydrogens (tertiary/aromatic N) is 2. The Morgan fingerprint density at radius 1 is 1.35 bits per heavy atom. The van der Waals surface area contributed by atoms with Crippen molar-refractivity contribution in [2.75, 3.05) is 11.4 Å². The summed E-state index contributed by atoms with van der Waals surface area (Å²) in [5.41, 5.74) is 2.01. The lowest BCUT2D eigenvalue weighted by atomic mass is 10.0. The first-order chi connectivity index (χ1) is 9.66. The van der Waals surface area contributed by atoms with Crippen molar-refractivity contribution in [2.24, 2.45) is 0 Å². The van der Waals surface area contributed by atoms with E-state index in [-0.39, 0.29) is 11.5 Å². The number of carbonyl (C=O) groups excluding carboxylic acids is 1.